The molecule has 0 radical (unpaired) electrons. The normalized spacial score (nSPS) is 11.2. The summed E-state index contributed by atoms with van der Waals surface area (Å²) in [6.45, 7) is 3.02. The van der Waals surface area contributed by atoms with E-state index < -0.39 is 11.9 Å². The van der Waals surface area contributed by atoms with E-state index in [1.807, 2.05) is 0 Å². The Hall–Kier alpha value is -2.32. The Morgan fingerprint density at radius 1 is 1.12 bits per heavy atom. The fourth-order valence-corrected chi connectivity index (χ4v) is 2.19. The highest BCUT2D eigenvalue weighted by Gasteiger charge is 2.21. The lowest BCUT2D eigenvalue weighted by Crippen LogP contribution is -2.47. The summed E-state index contributed by atoms with van der Waals surface area (Å²) in [6, 6.07) is -0.846. The van der Waals surface area contributed by atoms with E-state index in [0.29, 0.717) is 25.9 Å². The summed E-state index contributed by atoms with van der Waals surface area (Å²) in [5, 5.41) is 8.80. The molecule has 0 saturated carbocycles. The Bertz CT molecular complexity index is 479. The molecule has 0 bridgehead atoms. The molecular formula is C16H30N6O4. The van der Waals surface area contributed by atoms with Crippen molar-refractivity contribution in [3.8, 4) is 0 Å². The number of unbranched alkanes of at least 4 members (excludes halogenated alkanes) is 3. The molecule has 0 rings (SSSR count). The summed E-state index contributed by atoms with van der Waals surface area (Å²) in [4.78, 5) is 43.0. The van der Waals surface area contributed by atoms with E-state index in [1.54, 1.807) is 0 Å². The minimum atomic E-state index is -0.846. The molecule has 10 heteroatoms. The molecule has 0 aromatic carbocycles. The van der Waals surface area contributed by atoms with Crippen LogP contribution in [-0.4, -0.2) is 44.0 Å². The number of amides is 3. The number of azide groups is 1. The third kappa shape index (κ3) is 13.0. The fourth-order valence-electron chi connectivity index (χ4n) is 2.19. The first-order valence-corrected chi connectivity index (χ1v) is 8.94. The highest BCUT2D eigenvalue weighted by atomic mass is 16.6. The lowest BCUT2D eigenvalue weighted by Gasteiger charge is -2.17. The van der Waals surface area contributed by atoms with Crippen molar-refractivity contribution in [1.82, 2.24) is 16.1 Å². The molecule has 0 aliphatic rings. The second kappa shape index (κ2) is 16.2. The average Bonchev–Trinajstić information content (AvgIpc) is 2.62. The summed E-state index contributed by atoms with van der Waals surface area (Å²) >= 11 is 0. The quantitative estimate of drug-likeness (QED) is 0.132. The molecule has 10 nitrogen and oxygen atoms in total. The van der Waals surface area contributed by atoms with Gasteiger partial charge in [0.1, 0.15) is 6.04 Å². The highest BCUT2D eigenvalue weighted by molar-refractivity contribution is 5.87. The second-order valence-electron chi connectivity index (χ2n) is 5.80. The number of carbonyl (C=O) groups excluding carboxylic acids is 3. The summed E-state index contributed by atoms with van der Waals surface area (Å²) < 4.78 is 0. The molecule has 3 N–H and O–H groups in total. The molecule has 26 heavy (non-hydrogen) atoms. The van der Waals surface area contributed by atoms with Crippen LogP contribution in [0.1, 0.15) is 58.3 Å². The smallest absolute Gasteiger partial charge is 0.266 e. The Balaban J connectivity index is 4.30. The maximum absolute atomic E-state index is 12.0. The molecule has 0 aromatic heterocycles. The molecule has 0 fully saturated rings. The molecule has 0 saturated heterocycles. The van der Waals surface area contributed by atoms with Crippen molar-refractivity contribution in [3.63, 3.8) is 0 Å². The standard InChI is InChI=1S/C16H30N6O4/c1-3-4-6-11-18-14(23)10-9-13(16(25)21-26-2)20-15(24)8-5-7-12-19-22-17/h13H,3-12H2,1-2H3,(H,18,23)(H,20,24)(H,21,25)/t13-/m0/s1. The molecule has 0 aliphatic heterocycles. The van der Waals surface area contributed by atoms with E-state index in [9.17, 15) is 14.4 Å². The zero-order chi connectivity index (χ0) is 19.6. The summed E-state index contributed by atoms with van der Waals surface area (Å²) in [7, 11) is 1.30. The summed E-state index contributed by atoms with van der Waals surface area (Å²) in [6.07, 6.45) is 4.70. The van der Waals surface area contributed by atoms with Crippen LogP contribution in [0.15, 0.2) is 5.11 Å². The van der Waals surface area contributed by atoms with Gasteiger partial charge in [-0.3, -0.25) is 19.2 Å². The lowest BCUT2D eigenvalue weighted by atomic mass is 10.1. The van der Waals surface area contributed by atoms with Gasteiger partial charge < -0.3 is 10.6 Å². The van der Waals surface area contributed by atoms with Crippen LogP contribution in [0.3, 0.4) is 0 Å². The number of nitrogens with one attached hydrogen (secondary N) is 3. The molecular weight excluding hydrogens is 340 g/mol. The molecule has 0 aliphatic carbocycles. The van der Waals surface area contributed by atoms with Gasteiger partial charge in [0.15, 0.2) is 0 Å². The van der Waals surface area contributed by atoms with E-state index in [-0.39, 0.29) is 31.1 Å². The van der Waals surface area contributed by atoms with Crippen molar-refractivity contribution in [3.05, 3.63) is 10.4 Å². The van der Waals surface area contributed by atoms with Gasteiger partial charge in [0.25, 0.3) is 5.91 Å². The minimum Gasteiger partial charge on any atom is -0.356 e. The number of carbonyl (C=O) groups is 3. The van der Waals surface area contributed by atoms with E-state index in [2.05, 4.69) is 37.9 Å². The van der Waals surface area contributed by atoms with Crippen LogP contribution >= 0.6 is 0 Å². The average molecular weight is 370 g/mol. The number of nitrogens with zero attached hydrogens (tertiary/aromatic N) is 3. The molecule has 0 aromatic rings. The fraction of sp³-hybridized carbons (Fsp3) is 0.812. The Morgan fingerprint density at radius 2 is 1.88 bits per heavy atom. The van der Waals surface area contributed by atoms with Gasteiger partial charge in [0.2, 0.25) is 11.8 Å². The third-order valence-corrected chi connectivity index (χ3v) is 3.59. The Labute approximate surface area is 154 Å². The van der Waals surface area contributed by atoms with Crippen molar-refractivity contribution < 1.29 is 19.2 Å². The zero-order valence-corrected chi connectivity index (χ0v) is 15.6. The van der Waals surface area contributed by atoms with Crippen LogP contribution in [0.25, 0.3) is 10.4 Å². The van der Waals surface area contributed by atoms with Crippen molar-refractivity contribution in [2.24, 2.45) is 5.11 Å². The van der Waals surface area contributed by atoms with Crippen molar-refractivity contribution in [2.45, 2.75) is 64.3 Å². The van der Waals surface area contributed by atoms with Gasteiger partial charge in [-0.05, 0) is 31.2 Å². The van der Waals surface area contributed by atoms with Crippen LogP contribution in [0, 0.1) is 0 Å². The SMILES string of the molecule is CCCCCNC(=O)CC[C@H](NC(=O)CCCCN=[N+]=[N-])C(=O)NOC. The van der Waals surface area contributed by atoms with Crippen LogP contribution in [0.4, 0.5) is 0 Å². The first-order valence-electron chi connectivity index (χ1n) is 8.94. The van der Waals surface area contributed by atoms with Gasteiger partial charge in [-0.25, -0.2) is 5.48 Å². The topological polar surface area (TPSA) is 145 Å². The predicted octanol–water partition coefficient (Wildman–Crippen LogP) is 1.72. The van der Waals surface area contributed by atoms with E-state index in [4.69, 9.17) is 5.53 Å². The van der Waals surface area contributed by atoms with Crippen LogP contribution in [-0.2, 0) is 19.2 Å². The summed E-state index contributed by atoms with van der Waals surface area (Å²) in [5.74, 6) is -0.959. The first kappa shape index (κ1) is 23.7. The van der Waals surface area contributed by atoms with Gasteiger partial charge in [-0.15, -0.1) is 0 Å². The van der Waals surface area contributed by atoms with E-state index in [1.165, 1.54) is 7.11 Å². The molecule has 0 heterocycles. The van der Waals surface area contributed by atoms with Gasteiger partial charge in [-0.1, -0.05) is 24.9 Å². The predicted molar refractivity (Wildman–Crippen MR) is 96.7 cm³/mol. The maximum atomic E-state index is 12.0. The maximum Gasteiger partial charge on any atom is 0.266 e. The lowest BCUT2D eigenvalue weighted by molar-refractivity contribution is -0.137. The Kier molecular flexibility index (Phi) is 14.7. The highest BCUT2D eigenvalue weighted by Crippen LogP contribution is 2.02. The molecule has 0 unspecified atom stereocenters. The molecule has 3 amide bonds. The van der Waals surface area contributed by atoms with Gasteiger partial charge in [0, 0.05) is 30.8 Å². The third-order valence-electron chi connectivity index (χ3n) is 3.59. The van der Waals surface area contributed by atoms with Crippen molar-refractivity contribution in [2.75, 3.05) is 20.2 Å². The van der Waals surface area contributed by atoms with E-state index in [0.717, 1.165) is 19.3 Å². The number of hydrogen-bond acceptors (Lipinski definition) is 5. The number of hydrogen-bond donors (Lipinski definition) is 3. The number of rotatable bonds is 15. The monoisotopic (exact) mass is 370 g/mol. The van der Waals surface area contributed by atoms with E-state index >= 15 is 0 Å². The van der Waals surface area contributed by atoms with Crippen molar-refractivity contribution in [1.29, 1.82) is 0 Å². The van der Waals surface area contributed by atoms with Crippen LogP contribution < -0.4 is 16.1 Å². The molecule has 0 spiro atoms. The minimum absolute atomic E-state index is 0.130. The first-order chi connectivity index (χ1) is 12.5. The van der Waals surface area contributed by atoms with Gasteiger partial charge in [-0.2, -0.15) is 0 Å². The second-order valence-corrected chi connectivity index (χ2v) is 5.80. The largest absolute Gasteiger partial charge is 0.356 e. The van der Waals surface area contributed by atoms with Crippen LogP contribution in [0.2, 0.25) is 0 Å². The summed E-state index contributed by atoms with van der Waals surface area (Å²) in [5.41, 5.74) is 10.4. The van der Waals surface area contributed by atoms with Crippen molar-refractivity contribution >= 4 is 17.7 Å². The van der Waals surface area contributed by atoms with Gasteiger partial charge in [0.05, 0.1) is 7.11 Å². The Morgan fingerprint density at radius 3 is 2.54 bits per heavy atom. The zero-order valence-electron chi connectivity index (χ0n) is 15.6. The number of hydroxylamine groups is 1. The van der Waals surface area contributed by atoms with Gasteiger partial charge >= 0.3 is 0 Å². The van der Waals surface area contributed by atoms with Crippen LogP contribution in [0.5, 0.6) is 0 Å². The molecule has 1 atom stereocenters. The molecule has 148 valence electrons.